The molecule has 0 aliphatic carbocycles. The fourth-order valence-electron chi connectivity index (χ4n) is 1.41. The lowest BCUT2D eigenvalue weighted by atomic mass is 10.1. The van der Waals surface area contributed by atoms with Crippen LogP contribution in [-0.2, 0) is 14.7 Å². The van der Waals surface area contributed by atoms with Crippen LogP contribution >= 0.6 is 7.60 Å². The minimum Gasteiger partial charge on any atom is -0.323 e. The van der Waals surface area contributed by atoms with Crippen molar-refractivity contribution in [3.63, 3.8) is 0 Å². The van der Waals surface area contributed by atoms with E-state index in [1.807, 2.05) is 6.92 Å². The number of hydrogen-bond donors (Lipinski definition) is 3. The maximum absolute atomic E-state index is 10.9. The molecule has 16 heavy (non-hydrogen) atoms. The molecular formula is C8H19O6PS. The summed E-state index contributed by atoms with van der Waals surface area (Å²) >= 11 is 0. The van der Waals surface area contributed by atoms with Gasteiger partial charge in [0.1, 0.15) is 0 Å². The van der Waals surface area contributed by atoms with E-state index >= 15 is 0 Å². The van der Waals surface area contributed by atoms with E-state index in [9.17, 15) is 13.0 Å². The van der Waals surface area contributed by atoms with Crippen LogP contribution in [0.25, 0.3) is 0 Å². The molecule has 0 aliphatic heterocycles. The zero-order chi connectivity index (χ0) is 12.8. The highest BCUT2D eigenvalue weighted by Gasteiger charge is 2.38. The Morgan fingerprint density at radius 3 is 2.00 bits per heavy atom. The van der Waals surface area contributed by atoms with E-state index in [1.54, 1.807) is 0 Å². The average Bonchev–Trinajstić information content (AvgIpc) is 2.06. The summed E-state index contributed by atoms with van der Waals surface area (Å²) in [5.41, 5.74) is 0. The topological polar surface area (TPSA) is 112 Å². The number of hydrogen-bond acceptors (Lipinski definition) is 3. The molecule has 0 bridgehead atoms. The summed E-state index contributed by atoms with van der Waals surface area (Å²) < 4.78 is 41.1. The molecule has 0 saturated carbocycles. The first-order valence-corrected chi connectivity index (χ1v) is 8.39. The van der Waals surface area contributed by atoms with E-state index in [1.165, 1.54) is 0 Å². The minimum atomic E-state index is -4.79. The maximum Gasteiger partial charge on any atom is 0.346 e. The Balaban J connectivity index is 4.22. The van der Waals surface area contributed by atoms with Gasteiger partial charge in [0.05, 0.1) is 0 Å². The SMILES string of the molecule is CCCCCCCC(P(=O)(O)O)S(=O)(=O)O. The van der Waals surface area contributed by atoms with Gasteiger partial charge in [0.25, 0.3) is 10.1 Å². The van der Waals surface area contributed by atoms with Crippen LogP contribution in [0.2, 0.25) is 0 Å². The highest BCUT2D eigenvalue weighted by atomic mass is 32.2. The van der Waals surface area contributed by atoms with Gasteiger partial charge >= 0.3 is 7.60 Å². The first-order chi connectivity index (χ1) is 7.19. The lowest BCUT2D eigenvalue weighted by Crippen LogP contribution is -2.20. The summed E-state index contributed by atoms with van der Waals surface area (Å²) in [5.74, 6) is 0. The first kappa shape index (κ1) is 16.1. The molecule has 0 spiro atoms. The quantitative estimate of drug-likeness (QED) is 0.353. The Hall–Kier alpha value is 0.0600. The predicted octanol–water partition coefficient (Wildman–Crippen LogP) is 1.74. The Morgan fingerprint density at radius 2 is 1.62 bits per heavy atom. The second-order valence-electron chi connectivity index (χ2n) is 3.76. The van der Waals surface area contributed by atoms with Crippen LogP contribution in [0.4, 0.5) is 0 Å². The maximum atomic E-state index is 10.9. The zero-order valence-corrected chi connectivity index (χ0v) is 11.0. The molecule has 0 saturated heterocycles. The first-order valence-electron chi connectivity index (χ1n) is 5.21. The molecule has 1 unspecified atom stereocenters. The highest BCUT2D eigenvalue weighted by Crippen LogP contribution is 2.46. The minimum absolute atomic E-state index is 0.202. The van der Waals surface area contributed by atoms with Gasteiger partial charge in [-0.3, -0.25) is 9.12 Å². The Kier molecular flexibility index (Phi) is 6.74. The van der Waals surface area contributed by atoms with Gasteiger partial charge in [0, 0.05) is 0 Å². The van der Waals surface area contributed by atoms with Crippen molar-refractivity contribution in [1.29, 1.82) is 0 Å². The van der Waals surface area contributed by atoms with Crippen molar-refractivity contribution >= 4 is 17.7 Å². The van der Waals surface area contributed by atoms with Gasteiger partial charge in [-0.25, -0.2) is 0 Å². The molecule has 0 aromatic rings. The molecule has 0 aromatic carbocycles. The number of unbranched alkanes of at least 4 members (excludes halogenated alkanes) is 4. The second-order valence-corrected chi connectivity index (χ2v) is 7.51. The van der Waals surface area contributed by atoms with E-state index in [-0.39, 0.29) is 6.42 Å². The lowest BCUT2D eigenvalue weighted by molar-refractivity contribution is 0.359. The molecular weight excluding hydrogens is 255 g/mol. The molecule has 0 amide bonds. The molecule has 0 radical (unpaired) electrons. The third kappa shape index (κ3) is 6.60. The van der Waals surface area contributed by atoms with Crippen molar-refractivity contribution in [3.05, 3.63) is 0 Å². The van der Waals surface area contributed by atoms with Crippen LogP contribution < -0.4 is 0 Å². The fourth-order valence-corrected chi connectivity index (χ4v) is 3.78. The molecule has 0 aliphatic rings. The summed E-state index contributed by atoms with van der Waals surface area (Å²) in [6.45, 7) is 2.02. The van der Waals surface area contributed by atoms with Crippen molar-refractivity contribution in [2.24, 2.45) is 0 Å². The molecule has 1 atom stereocenters. The molecule has 6 nitrogen and oxygen atoms in total. The summed E-state index contributed by atoms with van der Waals surface area (Å²) in [4.78, 5) is 15.6. The van der Waals surface area contributed by atoms with E-state index in [0.29, 0.717) is 12.8 Å². The van der Waals surface area contributed by atoms with Crippen molar-refractivity contribution in [2.45, 2.75) is 50.4 Å². The highest BCUT2D eigenvalue weighted by molar-refractivity contribution is 7.93. The normalized spacial score (nSPS) is 15.0. The molecule has 0 fully saturated rings. The Bertz CT molecular complexity index is 332. The van der Waals surface area contributed by atoms with Gasteiger partial charge in [0.2, 0.25) is 0 Å². The third-order valence-corrected chi connectivity index (χ3v) is 5.83. The van der Waals surface area contributed by atoms with Crippen molar-refractivity contribution < 1.29 is 27.3 Å². The summed E-state index contributed by atoms with van der Waals surface area (Å²) in [6, 6.07) is 0. The largest absolute Gasteiger partial charge is 0.346 e. The molecule has 0 heterocycles. The van der Waals surface area contributed by atoms with Gasteiger partial charge in [-0.05, 0) is 6.42 Å². The van der Waals surface area contributed by atoms with Crippen molar-refractivity contribution in [2.75, 3.05) is 0 Å². The number of rotatable bonds is 8. The van der Waals surface area contributed by atoms with Crippen LogP contribution in [-0.4, -0.2) is 27.7 Å². The predicted molar refractivity (Wildman–Crippen MR) is 60.8 cm³/mol. The van der Waals surface area contributed by atoms with Crippen LogP contribution in [0.5, 0.6) is 0 Å². The lowest BCUT2D eigenvalue weighted by Gasteiger charge is -2.14. The molecule has 0 aromatic heterocycles. The van der Waals surface area contributed by atoms with Crippen LogP contribution in [0.15, 0.2) is 0 Å². The standard InChI is InChI=1S/C8H19O6PS/c1-2-3-4-5-6-7-8(15(9,10)11)16(12,13)14/h8H,2-7H2,1H3,(H2,9,10,11)(H,12,13,14). The third-order valence-electron chi connectivity index (χ3n) is 2.27. The summed E-state index contributed by atoms with van der Waals surface area (Å²) in [5, 5.41) is 0. The Labute approximate surface area is 96.0 Å². The van der Waals surface area contributed by atoms with Crippen LogP contribution in [0, 0.1) is 0 Å². The molecule has 0 rings (SSSR count). The summed E-state index contributed by atoms with van der Waals surface area (Å²) in [6.07, 6.45) is 3.82. The van der Waals surface area contributed by atoms with Gasteiger partial charge in [-0.1, -0.05) is 39.0 Å². The second kappa shape index (κ2) is 6.71. The van der Waals surface area contributed by atoms with Gasteiger partial charge in [0.15, 0.2) is 4.99 Å². The van der Waals surface area contributed by atoms with Crippen molar-refractivity contribution in [1.82, 2.24) is 0 Å². The molecule has 3 N–H and O–H groups in total. The molecule has 8 heteroatoms. The fraction of sp³-hybridized carbons (Fsp3) is 1.00. The van der Waals surface area contributed by atoms with E-state index in [0.717, 1.165) is 19.3 Å². The zero-order valence-electron chi connectivity index (χ0n) is 9.24. The van der Waals surface area contributed by atoms with Crippen molar-refractivity contribution in [3.8, 4) is 0 Å². The monoisotopic (exact) mass is 274 g/mol. The Morgan fingerprint density at radius 1 is 1.12 bits per heavy atom. The average molecular weight is 274 g/mol. The van der Waals surface area contributed by atoms with E-state index < -0.39 is 22.7 Å². The van der Waals surface area contributed by atoms with Gasteiger partial charge < -0.3 is 9.79 Å². The van der Waals surface area contributed by atoms with E-state index in [4.69, 9.17) is 14.3 Å². The van der Waals surface area contributed by atoms with Gasteiger partial charge in [-0.2, -0.15) is 8.42 Å². The summed E-state index contributed by atoms with van der Waals surface area (Å²) in [7, 11) is -9.47. The van der Waals surface area contributed by atoms with E-state index in [2.05, 4.69) is 0 Å². The van der Waals surface area contributed by atoms with Gasteiger partial charge in [-0.15, -0.1) is 0 Å². The smallest absolute Gasteiger partial charge is 0.323 e. The molecule has 98 valence electrons. The van der Waals surface area contributed by atoms with Crippen LogP contribution in [0.1, 0.15) is 45.4 Å². The van der Waals surface area contributed by atoms with Crippen LogP contribution in [0.3, 0.4) is 0 Å².